The molecule has 0 bridgehead atoms. The summed E-state index contributed by atoms with van der Waals surface area (Å²) in [7, 11) is 1.81. The fourth-order valence-electron chi connectivity index (χ4n) is 2.61. The molecule has 26 heavy (non-hydrogen) atoms. The van der Waals surface area contributed by atoms with Gasteiger partial charge >= 0.3 is 0 Å². The quantitative estimate of drug-likeness (QED) is 0.817. The van der Waals surface area contributed by atoms with Crippen molar-refractivity contribution in [2.75, 3.05) is 18.9 Å². The summed E-state index contributed by atoms with van der Waals surface area (Å²) in [6.07, 6.45) is 2.04. The average Bonchev–Trinajstić information content (AvgIpc) is 2.58. The summed E-state index contributed by atoms with van der Waals surface area (Å²) in [5, 5.41) is 3.21. The minimum absolute atomic E-state index is 0.0740. The van der Waals surface area contributed by atoms with Gasteiger partial charge in [-0.1, -0.05) is 46.2 Å². The minimum atomic E-state index is -0.0740. The predicted molar refractivity (Wildman–Crippen MR) is 107 cm³/mol. The Morgan fingerprint density at radius 3 is 2.38 bits per heavy atom. The normalized spacial score (nSPS) is 11.3. The Kier molecular flexibility index (Phi) is 6.35. The Morgan fingerprint density at radius 2 is 1.81 bits per heavy atom. The molecule has 0 aliphatic carbocycles. The fourth-order valence-corrected chi connectivity index (χ4v) is 2.61. The molecule has 1 N–H and O–H groups in total. The zero-order valence-electron chi connectivity index (χ0n) is 16.8. The number of unbranched alkanes of at least 4 members (excludes halogenated alkanes) is 1. The van der Waals surface area contributed by atoms with Gasteiger partial charge in [0, 0.05) is 25.0 Å². The number of hydrogen-bond donors (Lipinski definition) is 1. The Hall–Kier alpha value is -2.43. The summed E-state index contributed by atoms with van der Waals surface area (Å²) in [6.45, 7) is 11.3. The molecule has 0 radical (unpaired) electrons. The van der Waals surface area contributed by atoms with E-state index in [2.05, 4.69) is 55.1 Å². The second-order valence-corrected chi connectivity index (χ2v) is 7.75. The number of aryl methyl sites for hydroxylation is 1. The van der Waals surface area contributed by atoms with Crippen LogP contribution in [0.2, 0.25) is 0 Å². The zero-order chi connectivity index (χ0) is 19.3. The second kappa shape index (κ2) is 8.30. The zero-order valence-corrected chi connectivity index (χ0v) is 16.8. The number of rotatable bonds is 6. The van der Waals surface area contributed by atoms with Crippen molar-refractivity contribution in [3.05, 3.63) is 47.3 Å². The fraction of sp³-hybridized carbons (Fsp3) is 0.476. The smallest absolute Gasteiger partial charge is 0.272 e. The third-order valence-electron chi connectivity index (χ3n) is 4.27. The summed E-state index contributed by atoms with van der Waals surface area (Å²) >= 11 is 0. The molecule has 0 aliphatic heterocycles. The number of carbonyl (C=O) groups is 1. The first-order valence-corrected chi connectivity index (χ1v) is 9.19. The lowest BCUT2D eigenvalue weighted by molar-refractivity contribution is 0.0787. The number of benzene rings is 1. The van der Waals surface area contributed by atoms with Crippen molar-refractivity contribution in [1.82, 2.24) is 14.9 Å². The van der Waals surface area contributed by atoms with E-state index in [1.54, 1.807) is 11.0 Å². The lowest BCUT2D eigenvalue weighted by Crippen LogP contribution is -2.28. The summed E-state index contributed by atoms with van der Waals surface area (Å²) in [5.41, 5.74) is 3.47. The maximum atomic E-state index is 12.6. The molecule has 0 fully saturated rings. The molecule has 0 atom stereocenters. The van der Waals surface area contributed by atoms with Gasteiger partial charge in [-0.25, -0.2) is 9.97 Å². The highest BCUT2D eigenvalue weighted by molar-refractivity contribution is 5.92. The summed E-state index contributed by atoms with van der Waals surface area (Å²) in [4.78, 5) is 23.1. The highest BCUT2D eigenvalue weighted by atomic mass is 16.2. The first-order valence-electron chi connectivity index (χ1n) is 9.19. The predicted octanol–water partition coefficient (Wildman–Crippen LogP) is 4.70. The standard InChI is InChI=1S/C21H30N4O/c1-7-8-13-25(6)19(26)18-14-15(2)22-20(24-18)23-17-11-9-16(10-12-17)21(3,4)5/h9-12,14H,7-8,13H2,1-6H3,(H,22,23,24). The number of nitrogens with zero attached hydrogens (tertiary/aromatic N) is 3. The van der Waals surface area contributed by atoms with Gasteiger partial charge in [-0.3, -0.25) is 4.79 Å². The van der Waals surface area contributed by atoms with Gasteiger partial charge < -0.3 is 10.2 Å². The molecule has 2 rings (SSSR count). The van der Waals surface area contributed by atoms with E-state index in [0.717, 1.165) is 30.8 Å². The van der Waals surface area contributed by atoms with Gasteiger partial charge in [0.2, 0.25) is 5.95 Å². The van der Waals surface area contributed by atoms with Crippen LogP contribution in [-0.4, -0.2) is 34.4 Å². The first-order chi connectivity index (χ1) is 12.2. The molecule has 5 heteroatoms. The van der Waals surface area contributed by atoms with Crippen LogP contribution in [0.1, 0.15) is 62.3 Å². The van der Waals surface area contributed by atoms with Crippen molar-refractivity contribution >= 4 is 17.5 Å². The average molecular weight is 354 g/mol. The van der Waals surface area contributed by atoms with Gasteiger partial charge in [-0.15, -0.1) is 0 Å². The molecule has 140 valence electrons. The van der Waals surface area contributed by atoms with Crippen LogP contribution in [0.15, 0.2) is 30.3 Å². The van der Waals surface area contributed by atoms with E-state index in [9.17, 15) is 4.79 Å². The van der Waals surface area contributed by atoms with E-state index in [0.29, 0.717) is 11.6 Å². The largest absolute Gasteiger partial charge is 0.340 e. The molecule has 1 amide bonds. The lowest BCUT2D eigenvalue weighted by Gasteiger charge is -2.19. The molecule has 1 heterocycles. The highest BCUT2D eigenvalue weighted by Gasteiger charge is 2.16. The summed E-state index contributed by atoms with van der Waals surface area (Å²) in [6, 6.07) is 9.96. The maximum Gasteiger partial charge on any atom is 0.272 e. The van der Waals surface area contributed by atoms with Crippen molar-refractivity contribution in [2.24, 2.45) is 0 Å². The minimum Gasteiger partial charge on any atom is -0.340 e. The summed E-state index contributed by atoms with van der Waals surface area (Å²) < 4.78 is 0. The number of nitrogens with one attached hydrogen (secondary N) is 1. The Balaban J connectivity index is 2.18. The third kappa shape index (κ3) is 5.28. The summed E-state index contributed by atoms with van der Waals surface area (Å²) in [5.74, 6) is 0.371. The molecule has 0 aliphatic rings. The molecular weight excluding hydrogens is 324 g/mol. The molecule has 1 aromatic carbocycles. The molecule has 0 unspecified atom stereocenters. The Morgan fingerprint density at radius 1 is 1.15 bits per heavy atom. The van der Waals surface area contributed by atoms with Gasteiger partial charge in [0.25, 0.3) is 5.91 Å². The van der Waals surface area contributed by atoms with Crippen LogP contribution in [-0.2, 0) is 5.41 Å². The SMILES string of the molecule is CCCCN(C)C(=O)c1cc(C)nc(Nc2ccc(C(C)(C)C)cc2)n1. The van der Waals surface area contributed by atoms with Crippen molar-refractivity contribution < 1.29 is 4.79 Å². The van der Waals surface area contributed by atoms with E-state index in [-0.39, 0.29) is 11.3 Å². The third-order valence-corrected chi connectivity index (χ3v) is 4.27. The van der Waals surface area contributed by atoms with Crippen molar-refractivity contribution in [1.29, 1.82) is 0 Å². The van der Waals surface area contributed by atoms with E-state index in [4.69, 9.17) is 0 Å². The first kappa shape index (κ1) is 19.9. The number of amides is 1. The van der Waals surface area contributed by atoms with Gasteiger partial charge in [-0.05, 0) is 42.5 Å². The van der Waals surface area contributed by atoms with E-state index >= 15 is 0 Å². The maximum absolute atomic E-state index is 12.6. The molecule has 0 saturated carbocycles. The molecular formula is C21H30N4O. The van der Waals surface area contributed by atoms with Crippen LogP contribution < -0.4 is 5.32 Å². The topological polar surface area (TPSA) is 58.1 Å². The lowest BCUT2D eigenvalue weighted by atomic mass is 9.87. The van der Waals surface area contributed by atoms with E-state index < -0.39 is 0 Å². The number of anilines is 2. The van der Waals surface area contributed by atoms with Crippen molar-refractivity contribution in [3.8, 4) is 0 Å². The highest BCUT2D eigenvalue weighted by Crippen LogP contribution is 2.24. The van der Waals surface area contributed by atoms with Crippen LogP contribution >= 0.6 is 0 Å². The van der Waals surface area contributed by atoms with Crippen molar-refractivity contribution in [3.63, 3.8) is 0 Å². The Bertz CT molecular complexity index is 748. The number of aromatic nitrogens is 2. The van der Waals surface area contributed by atoms with Gasteiger partial charge in [0.1, 0.15) is 5.69 Å². The van der Waals surface area contributed by atoms with Gasteiger partial charge in [-0.2, -0.15) is 0 Å². The van der Waals surface area contributed by atoms with E-state index in [1.807, 2.05) is 26.1 Å². The van der Waals surface area contributed by atoms with Crippen LogP contribution in [0.25, 0.3) is 0 Å². The number of carbonyl (C=O) groups excluding carboxylic acids is 1. The second-order valence-electron chi connectivity index (χ2n) is 7.75. The van der Waals surface area contributed by atoms with Crippen molar-refractivity contribution in [2.45, 2.75) is 52.9 Å². The van der Waals surface area contributed by atoms with Crippen LogP contribution in [0.4, 0.5) is 11.6 Å². The molecule has 1 aromatic heterocycles. The van der Waals surface area contributed by atoms with Gasteiger partial charge in [0.15, 0.2) is 0 Å². The van der Waals surface area contributed by atoms with Crippen LogP contribution in [0.5, 0.6) is 0 Å². The molecule has 0 saturated heterocycles. The molecule has 0 spiro atoms. The molecule has 5 nitrogen and oxygen atoms in total. The van der Waals surface area contributed by atoms with Crippen LogP contribution in [0, 0.1) is 6.92 Å². The van der Waals surface area contributed by atoms with Gasteiger partial charge in [0.05, 0.1) is 0 Å². The number of hydrogen-bond acceptors (Lipinski definition) is 4. The Labute approximate surface area is 156 Å². The molecule has 2 aromatic rings. The monoisotopic (exact) mass is 354 g/mol. The van der Waals surface area contributed by atoms with Crippen LogP contribution in [0.3, 0.4) is 0 Å². The van der Waals surface area contributed by atoms with E-state index in [1.165, 1.54) is 5.56 Å².